The van der Waals surface area contributed by atoms with Gasteiger partial charge < -0.3 is 9.30 Å². The SMILES string of the molecule is O=C1S/C(=C\c2cn(CCOc3ccccc3)c3ccccc23)C(=O)N1c1ccccc1Cl. The van der Waals surface area contributed by atoms with E-state index >= 15 is 0 Å². The Morgan fingerprint density at radius 1 is 0.909 bits per heavy atom. The maximum absolute atomic E-state index is 13.1. The lowest BCUT2D eigenvalue weighted by molar-refractivity contribution is -0.113. The molecule has 0 bridgehead atoms. The minimum absolute atomic E-state index is 0.357. The first-order valence-electron chi connectivity index (χ1n) is 10.4. The van der Waals surface area contributed by atoms with E-state index in [-0.39, 0.29) is 11.1 Å². The molecule has 164 valence electrons. The van der Waals surface area contributed by atoms with Gasteiger partial charge in [0, 0.05) is 22.7 Å². The lowest BCUT2D eigenvalue weighted by Crippen LogP contribution is -2.27. The molecule has 0 N–H and O–H groups in total. The average molecular weight is 475 g/mol. The fraction of sp³-hybridized carbons (Fsp3) is 0.0769. The number of amides is 2. The van der Waals surface area contributed by atoms with Crippen molar-refractivity contribution in [2.45, 2.75) is 6.54 Å². The summed E-state index contributed by atoms with van der Waals surface area (Å²) < 4.78 is 7.95. The van der Waals surface area contributed by atoms with Crippen LogP contribution in [0.25, 0.3) is 17.0 Å². The number of hydrogen-bond acceptors (Lipinski definition) is 4. The summed E-state index contributed by atoms with van der Waals surface area (Å²) in [5.74, 6) is 0.449. The van der Waals surface area contributed by atoms with E-state index in [4.69, 9.17) is 16.3 Å². The Labute approximate surface area is 200 Å². The Balaban J connectivity index is 1.42. The Bertz CT molecular complexity index is 1380. The Kier molecular flexibility index (Phi) is 5.94. The molecule has 0 radical (unpaired) electrons. The van der Waals surface area contributed by atoms with Gasteiger partial charge in [-0.1, -0.05) is 60.1 Å². The number of benzene rings is 3. The van der Waals surface area contributed by atoms with E-state index in [0.717, 1.165) is 38.9 Å². The molecular weight excluding hydrogens is 456 g/mol. The Morgan fingerprint density at radius 3 is 2.45 bits per heavy atom. The molecule has 0 spiro atoms. The lowest BCUT2D eigenvalue weighted by atomic mass is 10.1. The van der Waals surface area contributed by atoms with Gasteiger partial charge in [0.15, 0.2) is 0 Å². The van der Waals surface area contributed by atoms with E-state index in [1.54, 1.807) is 30.3 Å². The monoisotopic (exact) mass is 474 g/mol. The first-order valence-corrected chi connectivity index (χ1v) is 11.6. The van der Waals surface area contributed by atoms with E-state index in [1.807, 2.05) is 60.8 Å². The third kappa shape index (κ3) is 4.27. The van der Waals surface area contributed by atoms with Gasteiger partial charge in [-0.3, -0.25) is 9.59 Å². The second kappa shape index (κ2) is 9.17. The number of carbonyl (C=O) groups excluding carboxylic acids is 2. The largest absolute Gasteiger partial charge is 0.492 e. The number of hydrogen-bond donors (Lipinski definition) is 0. The zero-order valence-corrected chi connectivity index (χ0v) is 19.1. The highest BCUT2D eigenvalue weighted by Gasteiger charge is 2.37. The fourth-order valence-electron chi connectivity index (χ4n) is 3.80. The predicted octanol–water partition coefficient (Wildman–Crippen LogP) is 6.61. The number of thioether (sulfide) groups is 1. The van der Waals surface area contributed by atoms with Crippen LogP contribution in [0, 0.1) is 0 Å². The summed E-state index contributed by atoms with van der Waals surface area (Å²) in [6.07, 6.45) is 3.77. The van der Waals surface area contributed by atoms with Crippen LogP contribution in [0.5, 0.6) is 5.75 Å². The van der Waals surface area contributed by atoms with Crippen molar-refractivity contribution in [1.82, 2.24) is 4.57 Å². The first-order chi connectivity index (χ1) is 16.1. The molecule has 1 aliphatic rings. The summed E-state index contributed by atoms with van der Waals surface area (Å²) in [6, 6.07) is 24.5. The highest BCUT2D eigenvalue weighted by Crippen LogP contribution is 2.39. The van der Waals surface area contributed by atoms with Gasteiger partial charge in [0.1, 0.15) is 12.4 Å². The maximum Gasteiger partial charge on any atom is 0.298 e. The molecule has 5 nitrogen and oxygen atoms in total. The van der Waals surface area contributed by atoms with Gasteiger partial charge in [0.25, 0.3) is 11.1 Å². The number of ether oxygens (including phenoxy) is 1. The number of imide groups is 1. The molecular formula is C26H19ClN2O3S. The van der Waals surface area contributed by atoms with Crippen LogP contribution < -0.4 is 9.64 Å². The van der Waals surface area contributed by atoms with Crippen LogP contribution in [-0.4, -0.2) is 22.3 Å². The third-order valence-corrected chi connectivity index (χ3v) is 6.53. The molecule has 1 saturated heterocycles. The molecule has 2 heterocycles. The molecule has 7 heteroatoms. The van der Waals surface area contributed by atoms with Crippen molar-refractivity contribution >= 4 is 57.2 Å². The molecule has 1 fully saturated rings. The summed E-state index contributed by atoms with van der Waals surface area (Å²) in [4.78, 5) is 27.2. The van der Waals surface area contributed by atoms with E-state index in [2.05, 4.69) is 4.57 Å². The van der Waals surface area contributed by atoms with Crippen LogP contribution in [0.2, 0.25) is 5.02 Å². The summed E-state index contributed by atoms with van der Waals surface area (Å²) in [5.41, 5.74) is 2.30. The third-order valence-electron chi connectivity index (χ3n) is 5.34. The minimum Gasteiger partial charge on any atom is -0.492 e. The minimum atomic E-state index is -0.373. The maximum atomic E-state index is 13.1. The summed E-state index contributed by atoms with van der Waals surface area (Å²) in [5, 5.41) is 0.997. The number of para-hydroxylation sites is 3. The van der Waals surface area contributed by atoms with Crippen molar-refractivity contribution in [3.05, 3.63) is 101 Å². The molecule has 0 atom stereocenters. The number of anilines is 1. The van der Waals surface area contributed by atoms with Gasteiger partial charge >= 0.3 is 0 Å². The number of rotatable bonds is 6. The number of fused-ring (bicyclic) bond motifs is 1. The fourth-order valence-corrected chi connectivity index (χ4v) is 4.85. The molecule has 0 saturated carbocycles. The average Bonchev–Trinajstić information content (AvgIpc) is 3.32. The number of aromatic nitrogens is 1. The van der Waals surface area contributed by atoms with Crippen molar-refractivity contribution < 1.29 is 14.3 Å². The van der Waals surface area contributed by atoms with Crippen LogP contribution in [0.1, 0.15) is 5.56 Å². The molecule has 2 amide bonds. The van der Waals surface area contributed by atoms with Crippen LogP contribution >= 0.6 is 23.4 Å². The van der Waals surface area contributed by atoms with Gasteiger partial charge in [-0.05, 0) is 48.2 Å². The summed E-state index contributed by atoms with van der Waals surface area (Å²) in [6.45, 7) is 1.15. The quantitative estimate of drug-likeness (QED) is 0.295. The normalized spacial score (nSPS) is 15.1. The molecule has 0 unspecified atom stereocenters. The van der Waals surface area contributed by atoms with Crippen LogP contribution in [-0.2, 0) is 11.3 Å². The van der Waals surface area contributed by atoms with Crippen molar-refractivity contribution in [1.29, 1.82) is 0 Å². The Morgan fingerprint density at radius 2 is 1.64 bits per heavy atom. The zero-order chi connectivity index (χ0) is 22.8. The number of halogens is 1. The van der Waals surface area contributed by atoms with E-state index < -0.39 is 0 Å². The number of nitrogens with zero attached hydrogens (tertiary/aromatic N) is 2. The molecule has 0 aliphatic carbocycles. The van der Waals surface area contributed by atoms with E-state index in [9.17, 15) is 9.59 Å². The standard InChI is InChI=1S/C26H19ClN2O3S/c27-21-11-5-7-13-23(21)29-25(30)24(33-26(29)31)16-18-17-28(22-12-6-4-10-20(18)22)14-15-32-19-8-2-1-3-9-19/h1-13,16-17H,14-15H2/b24-16-. The van der Waals surface area contributed by atoms with Gasteiger partial charge in [-0.2, -0.15) is 0 Å². The smallest absolute Gasteiger partial charge is 0.298 e. The highest BCUT2D eigenvalue weighted by molar-refractivity contribution is 8.19. The zero-order valence-electron chi connectivity index (χ0n) is 17.5. The van der Waals surface area contributed by atoms with Crippen molar-refractivity contribution in [3.8, 4) is 5.75 Å². The van der Waals surface area contributed by atoms with Gasteiger partial charge in [-0.15, -0.1) is 0 Å². The summed E-state index contributed by atoms with van der Waals surface area (Å²) in [7, 11) is 0. The predicted molar refractivity (Wildman–Crippen MR) is 134 cm³/mol. The van der Waals surface area contributed by atoms with Crippen molar-refractivity contribution in [2.24, 2.45) is 0 Å². The highest BCUT2D eigenvalue weighted by atomic mass is 35.5. The molecule has 3 aromatic carbocycles. The van der Waals surface area contributed by atoms with Gasteiger partial charge in [0.05, 0.1) is 22.2 Å². The second-order valence-corrected chi connectivity index (χ2v) is 8.83. The van der Waals surface area contributed by atoms with Crippen LogP contribution in [0.15, 0.2) is 90.0 Å². The van der Waals surface area contributed by atoms with Crippen LogP contribution in [0.3, 0.4) is 0 Å². The van der Waals surface area contributed by atoms with E-state index in [0.29, 0.717) is 28.8 Å². The van der Waals surface area contributed by atoms with Gasteiger partial charge in [-0.25, -0.2) is 4.90 Å². The van der Waals surface area contributed by atoms with Crippen molar-refractivity contribution in [2.75, 3.05) is 11.5 Å². The van der Waals surface area contributed by atoms with Gasteiger partial charge in [0.2, 0.25) is 0 Å². The molecule has 4 aromatic rings. The van der Waals surface area contributed by atoms with E-state index in [1.165, 1.54) is 0 Å². The second-order valence-electron chi connectivity index (χ2n) is 7.43. The molecule has 33 heavy (non-hydrogen) atoms. The Hall–Kier alpha value is -3.48. The molecule has 1 aromatic heterocycles. The van der Waals surface area contributed by atoms with Crippen molar-refractivity contribution in [3.63, 3.8) is 0 Å². The van der Waals surface area contributed by atoms with Crippen LogP contribution in [0.4, 0.5) is 10.5 Å². The molecule has 1 aliphatic heterocycles. The number of carbonyl (C=O) groups is 2. The molecule has 5 rings (SSSR count). The first kappa shape index (κ1) is 21.4. The lowest BCUT2D eigenvalue weighted by Gasteiger charge is -2.13. The summed E-state index contributed by atoms with van der Waals surface area (Å²) >= 11 is 7.15. The topological polar surface area (TPSA) is 51.5 Å².